The molecular formula is C16H15F3N2O. The number of amides is 1. The topological polar surface area (TPSA) is 55.1 Å². The summed E-state index contributed by atoms with van der Waals surface area (Å²) in [6.45, 7) is 0. The molecule has 2 rings (SSSR count). The lowest BCUT2D eigenvalue weighted by atomic mass is 9.94. The molecule has 2 atom stereocenters. The molecule has 0 saturated carbocycles. The van der Waals surface area contributed by atoms with Gasteiger partial charge in [0.05, 0.1) is 12.1 Å². The van der Waals surface area contributed by atoms with Crippen LogP contribution in [0.3, 0.4) is 0 Å². The van der Waals surface area contributed by atoms with Gasteiger partial charge in [0, 0.05) is 0 Å². The Labute approximate surface area is 125 Å². The largest absolute Gasteiger partial charge is 0.471 e. The minimum atomic E-state index is -4.95. The van der Waals surface area contributed by atoms with Gasteiger partial charge in [0.1, 0.15) is 0 Å². The third-order valence-corrected chi connectivity index (χ3v) is 3.25. The number of alkyl halides is 3. The number of rotatable bonds is 4. The van der Waals surface area contributed by atoms with Gasteiger partial charge in [0.2, 0.25) is 0 Å². The molecular weight excluding hydrogens is 293 g/mol. The maximum atomic E-state index is 12.5. The van der Waals surface area contributed by atoms with Gasteiger partial charge in [-0.05, 0) is 11.1 Å². The zero-order valence-electron chi connectivity index (χ0n) is 11.5. The average Bonchev–Trinajstić information content (AvgIpc) is 2.52. The van der Waals surface area contributed by atoms with Crippen molar-refractivity contribution in [1.29, 1.82) is 0 Å². The normalized spacial score (nSPS) is 14.2. The zero-order valence-corrected chi connectivity index (χ0v) is 11.5. The van der Waals surface area contributed by atoms with Crippen molar-refractivity contribution in [3.05, 3.63) is 71.8 Å². The highest BCUT2D eigenvalue weighted by Crippen LogP contribution is 2.28. The maximum absolute atomic E-state index is 12.5. The van der Waals surface area contributed by atoms with Crippen LogP contribution in [0.2, 0.25) is 0 Å². The first-order valence-corrected chi connectivity index (χ1v) is 6.63. The molecule has 0 spiro atoms. The lowest BCUT2D eigenvalue weighted by molar-refractivity contribution is -0.174. The van der Waals surface area contributed by atoms with Gasteiger partial charge in [-0.1, -0.05) is 60.7 Å². The summed E-state index contributed by atoms with van der Waals surface area (Å²) in [7, 11) is 0. The first kappa shape index (κ1) is 16.0. The lowest BCUT2D eigenvalue weighted by Gasteiger charge is -2.26. The molecule has 0 aliphatic heterocycles. The molecule has 0 saturated heterocycles. The van der Waals surface area contributed by atoms with E-state index in [2.05, 4.69) is 0 Å². The third-order valence-electron chi connectivity index (χ3n) is 3.25. The van der Waals surface area contributed by atoms with Crippen molar-refractivity contribution in [3.8, 4) is 0 Å². The molecule has 2 aromatic carbocycles. The predicted molar refractivity (Wildman–Crippen MR) is 76.8 cm³/mol. The number of hydrogen-bond acceptors (Lipinski definition) is 2. The van der Waals surface area contributed by atoms with Crippen LogP contribution in [0.15, 0.2) is 60.7 Å². The molecule has 22 heavy (non-hydrogen) atoms. The Hall–Kier alpha value is -2.34. The first-order valence-electron chi connectivity index (χ1n) is 6.63. The van der Waals surface area contributed by atoms with E-state index in [4.69, 9.17) is 5.73 Å². The second-order valence-corrected chi connectivity index (χ2v) is 4.80. The fourth-order valence-corrected chi connectivity index (χ4v) is 2.13. The summed E-state index contributed by atoms with van der Waals surface area (Å²) in [4.78, 5) is 11.3. The van der Waals surface area contributed by atoms with E-state index < -0.39 is 24.2 Å². The van der Waals surface area contributed by atoms with E-state index in [1.54, 1.807) is 60.7 Å². The Morgan fingerprint density at radius 1 is 0.909 bits per heavy atom. The Morgan fingerprint density at radius 3 is 1.82 bits per heavy atom. The Morgan fingerprint density at radius 2 is 1.36 bits per heavy atom. The summed E-state index contributed by atoms with van der Waals surface area (Å²) in [6, 6.07) is 15.3. The molecule has 0 bridgehead atoms. The Bertz CT molecular complexity index is 614. The lowest BCUT2D eigenvalue weighted by Crippen LogP contribution is -2.42. The highest BCUT2D eigenvalue weighted by molar-refractivity contribution is 5.82. The molecule has 2 aromatic rings. The number of halogens is 3. The van der Waals surface area contributed by atoms with Gasteiger partial charge < -0.3 is 11.1 Å². The van der Waals surface area contributed by atoms with E-state index in [9.17, 15) is 18.0 Å². The van der Waals surface area contributed by atoms with Gasteiger partial charge in [-0.3, -0.25) is 4.79 Å². The van der Waals surface area contributed by atoms with Gasteiger partial charge in [0.25, 0.3) is 0 Å². The van der Waals surface area contributed by atoms with Gasteiger partial charge in [-0.15, -0.1) is 0 Å². The third kappa shape index (κ3) is 3.85. The number of carbonyl (C=O) groups is 1. The van der Waals surface area contributed by atoms with Gasteiger partial charge >= 0.3 is 12.1 Å². The molecule has 1 amide bonds. The van der Waals surface area contributed by atoms with Gasteiger partial charge in [-0.2, -0.15) is 13.2 Å². The second kappa shape index (κ2) is 6.62. The second-order valence-electron chi connectivity index (χ2n) is 4.80. The fraction of sp³-hybridized carbons (Fsp3) is 0.188. The van der Waals surface area contributed by atoms with Crippen LogP contribution in [-0.2, 0) is 4.79 Å². The quantitative estimate of drug-likeness (QED) is 0.912. The van der Waals surface area contributed by atoms with Crippen molar-refractivity contribution in [2.75, 3.05) is 0 Å². The first-order chi connectivity index (χ1) is 10.4. The highest BCUT2D eigenvalue weighted by atomic mass is 19.4. The molecule has 0 fully saturated rings. The molecule has 116 valence electrons. The summed E-state index contributed by atoms with van der Waals surface area (Å²) >= 11 is 0. The minimum absolute atomic E-state index is 0.511. The van der Waals surface area contributed by atoms with E-state index in [0.29, 0.717) is 11.1 Å². The summed E-state index contributed by atoms with van der Waals surface area (Å²) in [6.07, 6.45) is -4.95. The molecule has 0 aliphatic rings. The SMILES string of the molecule is N[C@H](c1ccccc1)[C@H](NC(=O)C(F)(F)F)c1ccccc1. The molecule has 6 heteroatoms. The van der Waals surface area contributed by atoms with Crippen molar-refractivity contribution in [2.24, 2.45) is 5.73 Å². The number of nitrogens with two attached hydrogens (primary N) is 1. The molecule has 3 nitrogen and oxygen atoms in total. The minimum Gasteiger partial charge on any atom is -0.340 e. The van der Waals surface area contributed by atoms with E-state index in [1.807, 2.05) is 5.32 Å². The molecule has 0 aliphatic carbocycles. The van der Waals surface area contributed by atoms with Crippen molar-refractivity contribution >= 4 is 5.91 Å². The van der Waals surface area contributed by atoms with E-state index in [0.717, 1.165) is 0 Å². The standard InChI is InChI=1S/C16H15F3N2O/c17-16(18,19)15(22)21-14(12-9-5-2-6-10-12)13(20)11-7-3-1-4-8-11/h1-10,13-14H,20H2,(H,21,22)/t13-,14-/m1/s1. The maximum Gasteiger partial charge on any atom is 0.471 e. The van der Waals surface area contributed by atoms with Crippen LogP contribution < -0.4 is 11.1 Å². The number of carbonyl (C=O) groups excluding carboxylic acids is 1. The van der Waals surface area contributed by atoms with Crippen LogP contribution >= 0.6 is 0 Å². The van der Waals surface area contributed by atoms with Crippen molar-refractivity contribution in [2.45, 2.75) is 18.3 Å². The Kier molecular flexibility index (Phi) is 4.82. The predicted octanol–water partition coefficient (Wildman–Crippen LogP) is 3.11. The van der Waals surface area contributed by atoms with Crippen molar-refractivity contribution in [3.63, 3.8) is 0 Å². The smallest absolute Gasteiger partial charge is 0.340 e. The summed E-state index contributed by atoms with van der Waals surface area (Å²) in [5.41, 5.74) is 7.23. The summed E-state index contributed by atoms with van der Waals surface area (Å²) < 4.78 is 37.6. The number of nitrogens with one attached hydrogen (secondary N) is 1. The van der Waals surface area contributed by atoms with E-state index in [-0.39, 0.29) is 0 Å². The summed E-state index contributed by atoms with van der Waals surface area (Å²) in [5, 5.41) is 1.98. The van der Waals surface area contributed by atoms with Gasteiger partial charge in [-0.25, -0.2) is 0 Å². The number of benzene rings is 2. The molecule has 0 unspecified atom stereocenters. The highest BCUT2D eigenvalue weighted by Gasteiger charge is 2.40. The van der Waals surface area contributed by atoms with Crippen LogP contribution in [0, 0.1) is 0 Å². The van der Waals surface area contributed by atoms with E-state index >= 15 is 0 Å². The van der Waals surface area contributed by atoms with Crippen LogP contribution in [-0.4, -0.2) is 12.1 Å². The van der Waals surface area contributed by atoms with Crippen LogP contribution in [0.4, 0.5) is 13.2 Å². The number of hydrogen-bond donors (Lipinski definition) is 2. The molecule has 0 aromatic heterocycles. The molecule has 0 heterocycles. The van der Waals surface area contributed by atoms with Crippen LogP contribution in [0.5, 0.6) is 0 Å². The summed E-state index contributed by atoms with van der Waals surface area (Å²) in [5.74, 6) is -2.01. The van der Waals surface area contributed by atoms with E-state index in [1.165, 1.54) is 0 Å². The van der Waals surface area contributed by atoms with Crippen LogP contribution in [0.1, 0.15) is 23.2 Å². The monoisotopic (exact) mass is 308 g/mol. The zero-order chi connectivity index (χ0) is 16.2. The van der Waals surface area contributed by atoms with Crippen LogP contribution in [0.25, 0.3) is 0 Å². The van der Waals surface area contributed by atoms with Crippen molar-refractivity contribution in [1.82, 2.24) is 5.32 Å². The van der Waals surface area contributed by atoms with Crippen molar-refractivity contribution < 1.29 is 18.0 Å². The molecule has 3 N–H and O–H groups in total. The fourth-order valence-electron chi connectivity index (χ4n) is 2.13. The average molecular weight is 308 g/mol. The van der Waals surface area contributed by atoms with Gasteiger partial charge in [0.15, 0.2) is 0 Å². The Balaban J connectivity index is 2.32. The molecule has 0 radical (unpaired) electrons.